The Morgan fingerprint density at radius 2 is 2.12 bits per heavy atom. The number of likely N-dealkylation sites (tertiary alicyclic amines) is 1. The standard InChI is InChI=1S/C18H21N3O3S/c22-17(23)15-3-1-2-14(10-15)12-20-18(24)21-7-4-13(5-8-21)11-16-19-6-9-25-16/h1-3,6,9-10,13H,4-5,7-8,11-12H2,(H,20,24)(H,22,23). The first-order valence-electron chi connectivity index (χ1n) is 8.35. The highest BCUT2D eigenvalue weighted by Crippen LogP contribution is 2.22. The summed E-state index contributed by atoms with van der Waals surface area (Å²) in [4.78, 5) is 29.4. The van der Waals surface area contributed by atoms with E-state index in [9.17, 15) is 9.59 Å². The minimum Gasteiger partial charge on any atom is -0.478 e. The number of nitrogens with one attached hydrogen (secondary N) is 1. The highest BCUT2D eigenvalue weighted by atomic mass is 32.1. The SMILES string of the molecule is O=C(O)c1cccc(CNC(=O)N2CCC(Cc3nccs3)CC2)c1. The van der Waals surface area contributed by atoms with Gasteiger partial charge in [-0.1, -0.05) is 12.1 Å². The Morgan fingerprint density at radius 1 is 1.32 bits per heavy atom. The summed E-state index contributed by atoms with van der Waals surface area (Å²) in [5.74, 6) is -0.377. The number of nitrogens with zero attached hydrogens (tertiary/aromatic N) is 2. The van der Waals surface area contributed by atoms with Crippen LogP contribution < -0.4 is 5.32 Å². The Bertz CT molecular complexity index is 725. The number of carbonyl (C=O) groups excluding carboxylic acids is 1. The van der Waals surface area contributed by atoms with Crippen molar-refractivity contribution in [3.05, 3.63) is 52.0 Å². The number of hydrogen-bond acceptors (Lipinski definition) is 4. The van der Waals surface area contributed by atoms with Crippen LogP contribution in [0, 0.1) is 5.92 Å². The number of rotatable bonds is 5. The number of aromatic nitrogens is 1. The topological polar surface area (TPSA) is 82.5 Å². The molecule has 2 heterocycles. The molecule has 2 amide bonds. The number of urea groups is 1. The molecule has 6 nitrogen and oxygen atoms in total. The fourth-order valence-electron chi connectivity index (χ4n) is 3.04. The van der Waals surface area contributed by atoms with Crippen LogP contribution in [0.1, 0.15) is 33.8 Å². The zero-order chi connectivity index (χ0) is 17.6. The van der Waals surface area contributed by atoms with E-state index in [1.54, 1.807) is 29.5 Å². The molecule has 0 spiro atoms. The number of thiazole rings is 1. The Balaban J connectivity index is 1.45. The summed E-state index contributed by atoms with van der Waals surface area (Å²) in [6, 6.07) is 6.54. The number of piperidine rings is 1. The quantitative estimate of drug-likeness (QED) is 0.860. The maximum Gasteiger partial charge on any atom is 0.335 e. The van der Waals surface area contributed by atoms with Crippen LogP contribution in [0.4, 0.5) is 4.79 Å². The van der Waals surface area contributed by atoms with Crippen molar-refractivity contribution < 1.29 is 14.7 Å². The number of benzene rings is 1. The second-order valence-corrected chi connectivity index (χ2v) is 7.20. The molecule has 0 radical (unpaired) electrons. The summed E-state index contributed by atoms with van der Waals surface area (Å²) >= 11 is 1.69. The smallest absolute Gasteiger partial charge is 0.335 e. The first kappa shape index (κ1) is 17.4. The first-order chi connectivity index (χ1) is 12.1. The van der Waals surface area contributed by atoms with Crippen LogP contribution in [0.2, 0.25) is 0 Å². The van der Waals surface area contributed by atoms with Crippen molar-refractivity contribution in [2.24, 2.45) is 5.92 Å². The lowest BCUT2D eigenvalue weighted by Crippen LogP contribution is -2.44. The van der Waals surface area contributed by atoms with Gasteiger partial charge in [0.15, 0.2) is 0 Å². The third kappa shape index (κ3) is 4.79. The number of amides is 2. The van der Waals surface area contributed by atoms with Gasteiger partial charge in [-0.05, 0) is 36.5 Å². The molecule has 0 unspecified atom stereocenters. The van der Waals surface area contributed by atoms with Gasteiger partial charge in [0.1, 0.15) is 0 Å². The van der Waals surface area contributed by atoms with Gasteiger partial charge in [0.05, 0.1) is 10.6 Å². The average molecular weight is 359 g/mol. The molecular formula is C18H21N3O3S. The minimum atomic E-state index is -0.963. The van der Waals surface area contributed by atoms with Crippen molar-refractivity contribution in [2.75, 3.05) is 13.1 Å². The second kappa shape index (κ2) is 8.11. The van der Waals surface area contributed by atoms with Crippen molar-refractivity contribution in [2.45, 2.75) is 25.8 Å². The van der Waals surface area contributed by atoms with Gasteiger partial charge in [-0.15, -0.1) is 11.3 Å². The molecule has 0 aliphatic carbocycles. The molecule has 132 valence electrons. The Kier molecular flexibility index (Phi) is 5.65. The van der Waals surface area contributed by atoms with E-state index in [4.69, 9.17) is 5.11 Å². The summed E-state index contributed by atoms with van der Waals surface area (Å²) in [6.45, 7) is 1.83. The summed E-state index contributed by atoms with van der Waals surface area (Å²) in [5.41, 5.74) is 1.02. The van der Waals surface area contributed by atoms with E-state index < -0.39 is 5.97 Å². The van der Waals surface area contributed by atoms with Crippen LogP contribution in [0.25, 0.3) is 0 Å². The molecular weight excluding hydrogens is 338 g/mol. The van der Waals surface area contributed by atoms with Gasteiger partial charge in [-0.25, -0.2) is 14.6 Å². The fourth-order valence-corrected chi connectivity index (χ4v) is 3.78. The largest absolute Gasteiger partial charge is 0.478 e. The molecule has 25 heavy (non-hydrogen) atoms. The maximum atomic E-state index is 12.3. The van der Waals surface area contributed by atoms with Gasteiger partial charge >= 0.3 is 12.0 Å². The van der Waals surface area contributed by atoms with E-state index in [-0.39, 0.29) is 11.6 Å². The van der Waals surface area contributed by atoms with Gasteiger partial charge in [0.25, 0.3) is 0 Å². The molecule has 1 aromatic carbocycles. The Morgan fingerprint density at radius 3 is 2.80 bits per heavy atom. The van der Waals surface area contributed by atoms with Gasteiger partial charge in [-0.2, -0.15) is 0 Å². The number of carboxylic acids is 1. The molecule has 1 aromatic heterocycles. The predicted molar refractivity (Wildman–Crippen MR) is 95.8 cm³/mol. The number of carboxylic acid groups (broad SMARTS) is 1. The van der Waals surface area contributed by atoms with Crippen LogP contribution in [0.5, 0.6) is 0 Å². The molecule has 0 saturated carbocycles. The molecule has 3 rings (SSSR count). The van der Waals surface area contributed by atoms with Crippen molar-refractivity contribution in [1.29, 1.82) is 0 Å². The van der Waals surface area contributed by atoms with Gasteiger partial charge in [0, 0.05) is 37.6 Å². The van der Waals surface area contributed by atoms with Crippen molar-refractivity contribution in [3.8, 4) is 0 Å². The Labute approximate surface area is 150 Å². The molecule has 1 fully saturated rings. The van der Waals surface area contributed by atoms with Gasteiger partial charge in [0.2, 0.25) is 0 Å². The lowest BCUT2D eigenvalue weighted by molar-refractivity contribution is 0.0696. The number of aromatic carboxylic acids is 1. The maximum absolute atomic E-state index is 12.3. The fraction of sp³-hybridized carbons (Fsp3) is 0.389. The number of carbonyl (C=O) groups is 2. The zero-order valence-electron chi connectivity index (χ0n) is 13.9. The minimum absolute atomic E-state index is 0.0894. The summed E-state index contributed by atoms with van der Waals surface area (Å²) < 4.78 is 0. The van der Waals surface area contributed by atoms with E-state index in [1.165, 1.54) is 5.01 Å². The monoisotopic (exact) mass is 359 g/mol. The van der Waals surface area contributed by atoms with E-state index in [1.807, 2.05) is 22.5 Å². The average Bonchev–Trinajstić information content (AvgIpc) is 3.13. The van der Waals surface area contributed by atoms with Crippen LogP contribution in [0.3, 0.4) is 0 Å². The first-order valence-corrected chi connectivity index (χ1v) is 9.23. The highest BCUT2D eigenvalue weighted by Gasteiger charge is 2.23. The summed E-state index contributed by atoms with van der Waals surface area (Å²) in [6.07, 6.45) is 4.81. The van der Waals surface area contributed by atoms with Crippen molar-refractivity contribution in [1.82, 2.24) is 15.2 Å². The zero-order valence-corrected chi connectivity index (χ0v) is 14.7. The third-order valence-corrected chi connectivity index (χ3v) is 5.27. The van der Waals surface area contributed by atoms with Crippen LogP contribution in [0.15, 0.2) is 35.8 Å². The van der Waals surface area contributed by atoms with Crippen LogP contribution in [-0.4, -0.2) is 40.1 Å². The van der Waals surface area contributed by atoms with E-state index >= 15 is 0 Å². The van der Waals surface area contributed by atoms with Gasteiger partial charge in [-0.3, -0.25) is 0 Å². The highest BCUT2D eigenvalue weighted by molar-refractivity contribution is 7.09. The molecule has 1 saturated heterocycles. The van der Waals surface area contributed by atoms with Crippen LogP contribution in [-0.2, 0) is 13.0 Å². The van der Waals surface area contributed by atoms with E-state index in [0.29, 0.717) is 12.5 Å². The lowest BCUT2D eigenvalue weighted by Gasteiger charge is -2.31. The van der Waals surface area contributed by atoms with Crippen LogP contribution >= 0.6 is 11.3 Å². The summed E-state index contributed by atoms with van der Waals surface area (Å²) in [5, 5.41) is 15.1. The Hall–Kier alpha value is -2.41. The molecule has 2 N–H and O–H groups in total. The van der Waals surface area contributed by atoms with E-state index in [2.05, 4.69) is 10.3 Å². The molecule has 2 aromatic rings. The van der Waals surface area contributed by atoms with Crippen molar-refractivity contribution in [3.63, 3.8) is 0 Å². The van der Waals surface area contributed by atoms with Gasteiger partial charge < -0.3 is 15.3 Å². The van der Waals surface area contributed by atoms with E-state index in [0.717, 1.165) is 37.9 Å². The second-order valence-electron chi connectivity index (χ2n) is 6.22. The molecule has 1 aliphatic rings. The molecule has 1 aliphatic heterocycles. The lowest BCUT2D eigenvalue weighted by atomic mass is 9.94. The molecule has 0 atom stereocenters. The van der Waals surface area contributed by atoms with Crippen molar-refractivity contribution >= 4 is 23.3 Å². The third-order valence-electron chi connectivity index (χ3n) is 4.47. The number of hydrogen-bond donors (Lipinski definition) is 2. The normalized spacial score (nSPS) is 15.1. The summed E-state index contributed by atoms with van der Waals surface area (Å²) in [7, 11) is 0. The molecule has 7 heteroatoms. The molecule has 0 bridgehead atoms. The predicted octanol–water partition coefficient (Wildman–Crippen LogP) is 3.01.